The van der Waals surface area contributed by atoms with Gasteiger partial charge in [0.15, 0.2) is 5.82 Å². The monoisotopic (exact) mass is 355 g/mol. The molecule has 0 N–H and O–H groups in total. The van der Waals surface area contributed by atoms with Crippen LogP contribution in [0.5, 0.6) is 0 Å². The lowest BCUT2D eigenvalue weighted by atomic mass is 10.2. The Morgan fingerprint density at radius 2 is 1.83 bits per heavy atom. The number of nitrogens with zero attached hydrogens (tertiary/aromatic N) is 3. The number of piperazine rings is 1. The largest absolute Gasteiger partial charge is 0.360 e. The zero-order valence-electron chi connectivity index (χ0n) is 12.8. The summed E-state index contributed by atoms with van der Waals surface area (Å²) in [6.07, 6.45) is 0. The molecule has 124 valence electrons. The molecule has 0 spiro atoms. The standard InChI is InChI=1S/C15H18ClN3O3S/c1-12-10-15(17-22-12)18-6-8-19(9-7-18)23(20,21)11-13-2-4-14(16)5-3-13/h2-5,10H,6-9,11H2,1H3. The van der Waals surface area contributed by atoms with Gasteiger partial charge in [-0.2, -0.15) is 4.31 Å². The van der Waals surface area contributed by atoms with E-state index in [0.717, 1.165) is 17.1 Å². The van der Waals surface area contributed by atoms with Crippen LogP contribution in [0.2, 0.25) is 5.02 Å². The minimum atomic E-state index is -3.33. The maximum absolute atomic E-state index is 12.5. The van der Waals surface area contributed by atoms with Gasteiger partial charge in [0, 0.05) is 37.3 Å². The van der Waals surface area contributed by atoms with Crippen molar-refractivity contribution in [2.75, 3.05) is 31.1 Å². The summed E-state index contributed by atoms with van der Waals surface area (Å²) in [7, 11) is -3.33. The molecule has 3 rings (SSSR count). The van der Waals surface area contributed by atoms with Crippen molar-refractivity contribution >= 4 is 27.4 Å². The number of hydrogen-bond acceptors (Lipinski definition) is 5. The molecule has 2 heterocycles. The van der Waals surface area contributed by atoms with Crippen LogP contribution in [0.3, 0.4) is 0 Å². The van der Waals surface area contributed by atoms with Gasteiger partial charge in [-0.1, -0.05) is 28.9 Å². The highest BCUT2D eigenvalue weighted by Gasteiger charge is 2.28. The molecule has 0 unspecified atom stereocenters. The van der Waals surface area contributed by atoms with Crippen molar-refractivity contribution in [1.82, 2.24) is 9.46 Å². The summed E-state index contributed by atoms with van der Waals surface area (Å²) in [6, 6.07) is 8.76. The SMILES string of the molecule is Cc1cc(N2CCN(S(=O)(=O)Cc3ccc(Cl)cc3)CC2)no1. The normalized spacial score (nSPS) is 16.7. The van der Waals surface area contributed by atoms with E-state index in [4.69, 9.17) is 16.1 Å². The third-order valence-corrected chi connectivity index (χ3v) is 5.94. The fraction of sp³-hybridized carbons (Fsp3) is 0.400. The van der Waals surface area contributed by atoms with Crippen LogP contribution in [0.4, 0.5) is 5.82 Å². The second kappa shape index (κ2) is 6.51. The van der Waals surface area contributed by atoms with E-state index in [1.807, 2.05) is 17.9 Å². The van der Waals surface area contributed by atoms with Gasteiger partial charge in [-0.05, 0) is 24.6 Å². The number of anilines is 1. The first-order valence-corrected chi connectivity index (χ1v) is 9.33. The highest BCUT2D eigenvalue weighted by atomic mass is 35.5. The zero-order chi connectivity index (χ0) is 16.4. The Morgan fingerprint density at radius 1 is 1.17 bits per heavy atom. The van der Waals surface area contributed by atoms with Crippen molar-refractivity contribution < 1.29 is 12.9 Å². The predicted octanol–water partition coefficient (Wildman–Crippen LogP) is 2.29. The van der Waals surface area contributed by atoms with Gasteiger partial charge in [-0.15, -0.1) is 0 Å². The lowest BCUT2D eigenvalue weighted by Gasteiger charge is -2.33. The van der Waals surface area contributed by atoms with E-state index >= 15 is 0 Å². The number of aryl methyl sites for hydroxylation is 1. The van der Waals surface area contributed by atoms with Crippen molar-refractivity contribution in [3.63, 3.8) is 0 Å². The van der Waals surface area contributed by atoms with E-state index in [0.29, 0.717) is 31.2 Å². The van der Waals surface area contributed by atoms with Crippen LogP contribution < -0.4 is 4.90 Å². The Balaban J connectivity index is 1.63. The Kier molecular flexibility index (Phi) is 4.61. The molecule has 0 radical (unpaired) electrons. The molecule has 0 aliphatic carbocycles. The first-order chi connectivity index (χ1) is 10.9. The Morgan fingerprint density at radius 3 is 2.39 bits per heavy atom. The van der Waals surface area contributed by atoms with Crippen LogP contribution in [-0.4, -0.2) is 44.1 Å². The van der Waals surface area contributed by atoms with Gasteiger partial charge in [0.05, 0.1) is 5.75 Å². The Hall–Kier alpha value is -1.57. The lowest BCUT2D eigenvalue weighted by Crippen LogP contribution is -2.49. The molecule has 8 heteroatoms. The Bertz CT molecular complexity index is 766. The number of rotatable bonds is 4. The van der Waals surface area contributed by atoms with Crippen LogP contribution in [0, 0.1) is 6.92 Å². The van der Waals surface area contributed by atoms with Crippen molar-refractivity contribution in [2.24, 2.45) is 0 Å². The average molecular weight is 356 g/mol. The molecule has 1 fully saturated rings. The molecule has 1 aromatic heterocycles. The van der Waals surface area contributed by atoms with Gasteiger partial charge in [-0.25, -0.2) is 8.42 Å². The molecular weight excluding hydrogens is 338 g/mol. The minimum Gasteiger partial charge on any atom is -0.360 e. The first kappa shape index (κ1) is 16.3. The minimum absolute atomic E-state index is 0.00671. The van der Waals surface area contributed by atoms with E-state index in [1.165, 1.54) is 4.31 Å². The fourth-order valence-corrected chi connectivity index (χ4v) is 4.22. The number of halogens is 1. The van der Waals surface area contributed by atoms with Crippen molar-refractivity contribution in [2.45, 2.75) is 12.7 Å². The van der Waals surface area contributed by atoms with Crippen molar-refractivity contribution in [3.05, 3.63) is 46.7 Å². The molecule has 6 nitrogen and oxygen atoms in total. The topological polar surface area (TPSA) is 66.7 Å². The molecule has 0 atom stereocenters. The van der Waals surface area contributed by atoms with Gasteiger partial charge in [0.1, 0.15) is 5.76 Å². The summed E-state index contributed by atoms with van der Waals surface area (Å²) in [6.45, 7) is 3.94. The maximum Gasteiger partial charge on any atom is 0.218 e. The maximum atomic E-state index is 12.5. The summed E-state index contributed by atoms with van der Waals surface area (Å²) in [5.74, 6) is 1.50. The highest BCUT2D eigenvalue weighted by molar-refractivity contribution is 7.88. The number of benzene rings is 1. The van der Waals surface area contributed by atoms with Crippen LogP contribution in [0.1, 0.15) is 11.3 Å². The molecule has 0 bridgehead atoms. The van der Waals surface area contributed by atoms with Crippen LogP contribution in [0.15, 0.2) is 34.9 Å². The molecule has 1 saturated heterocycles. The average Bonchev–Trinajstić information content (AvgIpc) is 2.96. The summed E-state index contributed by atoms with van der Waals surface area (Å²) in [4.78, 5) is 2.03. The van der Waals surface area contributed by atoms with Gasteiger partial charge in [0.2, 0.25) is 10.0 Å². The number of aromatic nitrogens is 1. The Labute approximate surface area is 140 Å². The summed E-state index contributed by atoms with van der Waals surface area (Å²) >= 11 is 5.83. The number of hydrogen-bond donors (Lipinski definition) is 0. The van der Waals surface area contributed by atoms with E-state index in [-0.39, 0.29) is 5.75 Å². The van der Waals surface area contributed by atoms with E-state index < -0.39 is 10.0 Å². The summed E-state index contributed by atoms with van der Waals surface area (Å²) < 4.78 is 31.7. The van der Waals surface area contributed by atoms with Crippen molar-refractivity contribution in [1.29, 1.82) is 0 Å². The van der Waals surface area contributed by atoms with Crippen LogP contribution >= 0.6 is 11.6 Å². The second-order valence-electron chi connectivity index (χ2n) is 5.56. The fourth-order valence-electron chi connectivity index (χ4n) is 2.58. The molecule has 23 heavy (non-hydrogen) atoms. The molecule has 0 saturated carbocycles. The van der Waals surface area contributed by atoms with Crippen LogP contribution in [0.25, 0.3) is 0 Å². The molecular formula is C15H18ClN3O3S. The number of sulfonamides is 1. The molecule has 2 aromatic rings. The van der Waals surface area contributed by atoms with E-state index in [9.17, 15) is 8.42 Å². The van der Waals surface area contributed by atoms with Crippen LogP contribution in [-0.2, 0) is 15.8 Å². The third kappa shape index (κ3) is 3.85. The quantitative estimate of drug-likeness (QED) is 0.841. The predicted molar refractivity (Wildman–Crippen MR) is 89.1 cm³/mol. The molecule has 0 amide bonds. The van der Waals surface area contributed by atoms with Gasteiger partial charge < -0.3 is 9.42 Å². The third-order valence-electron chi connectivity index (χ3n) is 3.83. The molecule has 1 aliphatic rings. The highest BCUT2D eigenvalue weighted by Crippen LogP contribution is 2.19. The molecule has 1 aromatic carbocycles. The molecule has 1 aliphatic heterocycles. The van der Waals surface area contributed by atoms with Gasteiger partial charge in [0.25, 0.3) is 0 Å². The van der Waals surface area contributed by atoms with Crippen molar-refractivity contribution in [3.8, 4) is 0 Å². The summed E-state index contributed by atoms with van der Waals surface area (Å²) in [5.41, 5.74) is 0.740. The lowest BCUT2D eigenvalue weighted by molar-refractivity contribution is 0.371. The van der Waals surface area contributed by atoms with Gasteiger partial charge >= 0.3 is 0 Å². The zero-order valence-corrected chi connectivity index (χ0v) is 14.3. The smallest absolute Gasteiger partial charge is 0.218 e. The van der Waals surface area contributed by atoms with E-state index in [1.54, 1.807) is 24.3 Å². The summed E-state index contributed by atoms with van der Waals surface area (Å²) in [5, 5.41) is 4.57. The van der Waals surface area contributed by atoms with E-state index in [2.05, 4.69) is 5.16 Å². The van der Waals surface area contributed by atoms with Gasteiger partial charge in [-0.3, -0.25) is 0 Å². The second-order valence-corrected chi connectivity index (χ2v) is 7.97. The first-order valence-electron chi connectivity index (χ1n) is 7.34.